The second-order valence-corrected chi connectivity index (χ2v) is 4.03. The van der Waals surface area contributed by atoms with Gasteiger partial charge in [0.05, 0.1) is 0 Å². The van der Waals surface area contributed by atoms with Crippen molar-refractivity contribution in [1.29, 1.82) is 0 Å². The van der Waals surface area contributed by atoms with E-state index in [2.05, 4.69) is 0 Å². The van der Waals surface area contributed by atoms with Gasteiger partial charge in [-0.15, -0.1) is 0 Å². The molecule has 0 saturated carbocycles. The number of aliphatic hydroxyl groups excluding tert-OH is 2. The molecule has 0 radical (unpaired) electrons. The van der Waals surface area contributed by atoms with Crippen LogP contribution in [0.25, 0.3) is 12.2 Å². The van der Waals surface area contributed by atoms with Crippen molar-refractivity contribution in [2.75, 3.05) is 0 Å². The summed E-state index contributed by atoms with van der Waals surface area (Å²) in [7, 11) is 0. The lowest BCUT2D eigenvalue weighted by molar-refractivity contribution is 0.246. The summed E-state index contributed by atoms with van der Waals surface area (Å²) < 4.78 is 10.6. The predicted molar refractivity (Wildman–Crippen MR) is 76.5 cm³/mol. The zero-order valence-corrected chi connectivity index (χ0v) is 10.9. The molecule has 4 nitrogen and oxygen atoms in total. The molecular formula is C16H16O4. The van der Waals surface area contributed by atoms with Gasteiger partial charge in [-0.05, 0) is 36.4 Å². The Morgan fingerprint density at radius 1 is 0.700 bits per heavy atom. The Morgan fingerprint density at radius 3 is 1.50 bits per heavy atom. The van der Waals surface area contributed by atoms with Crippen molar-refractivity contribution in [2.24, 2.45) is 0 Å². The highest BCUT2D eigenvalue weighted by Crippen LogP contribution is 2.10. The van der Waals surface area contributed by atoms with E-state index in [0.717, 1.165) is 0 Å². The van der Waals surface area contributed by atoms with Gasteiger partial charge in [0, 0.05) is 0 Å². The second-order valence-electron chi connectivity index (χ2n) is 4.03. The number of allylic oxidation sites excluding steroid dienone is 4. The van der Waals surface area contributed by atoms with Crippen LogP contribution in [0.5, 0.6) is 0 Å². The molecule has 0 aliphatic rings. The molecule has 2 heterocycles. The topological polar surface area (TPSA) is 66.7 Å². The first-order chi connectivity index (χ1) is 9.81. The Morgan fingerprint density at radius 2 is 1.15 bits per heavy atom. The van der Waals surface area contributed by atoms with Crippen LogP contribution in [0, 0.1) is 0 Å². The molecule has 0 fully saturated rings. The van der Waals surface area contributed by atoms with Gasteiger partial charge in [-0.1, -0.05) is 24.3 Å². The second kappa shape index (κ2) is 7.33. The van der Waals surface area contributed by atoms with Crippen molar-refractivity contribution in [3.63, 3.8) is 0 Å². The maximum absolute atomic E-state index is 8.85. The van der Waals surface area contributed by atoms with E-state index in [9.17, 15) is 0 Å². The zero-order valence-electron chi connectivity index (χ0n) is 10.9. The minimum atomic E-state index is -0.0919. The van der Waals surface area contributed by atoms with Gasteiger partial charge in [0.2, 0.25) is 0 Å². The van der Waals surface area contributed by atoms with Crippen LogP contribution < -0.4 is 0 Å². The number of rotatable bonds is 6. The first-order valence-electron chi connectivity index (χ1n) is 6.22. The summed E-state index contributed by atoms with van der Waals surface area (Å²) >= 11 is 0. The molecule has 0 amide bonds. The van der Waals surface area contributed by atoms with Crippen LogP contribution in [0.15, 0.2) is 57.4 Å². The summed E-state index contributed by atoms with van der Waals surface area (Å²) in [5, 5.41) is 17.7. The van der Waals surface area contributed by atoms with Crippen LogP contribution in [0.3, 0.4) is 0 Å². The highest BCUT2D eigenvalue weighted by molar-refractivity contribution is 5.48. The summed E-state index contributed by atoms with van der Waals surface area (Å²) in [4.78, 5) is 0. The van der Waals surface area contributed by atoms with Crippen LogP contribution in [-0.4, -0.2) is 10.2 Å². The molecule has 2 aromatic heterocycles. The average Bonchev–Trinajstić information content (AvgIpc) is 3.11. The van der Waals surface area contributed by atoms with E-state index >= 15 is 0 Å². The average molecular weight is 272 g/mol. The van der Waals surface area contributed by atoms with Gasteiger partial charge in [0.15, 0.2) is 0 Å². The van der Waals surface area contributed by atoms with Gasteiger partial charge in [-0.2, -0.15) is 0 Å². The molecule has 20 heavy (non-hydrogen) atoms. The first-order valence-corrected chi connectivity index (χ1v) is 6.22. The fourth-order valence-electron chi connectivity index (χ4n) is 1.57. The van der Waals surface area contributed by atoms with Gasteiger partial charge >= 0.3 is 0 Å². The minimum Gasteiger partial charge on any atom is -0.459 e. The molecule has 0 spiro atoms. The van der Waals surface area contributed by atoms with Crippen LogP contribution >= 0.6 is 0 Å². The molecule has 104 valence electrons. The van der Waals surface area contributed by atoms with Crippen LogP contribution in [0.1, 0.15) is 23.0 Å². The summed E-state index contributed by atoms with van der Waals surface area (Å²) in [6.07, 6.45) is 11.0. The van der Waals surface area contributed by atoms with E-state index in [1.807, 2.05) is 24.3 Å². The summed E-state index contributed by atoms with van der Waals surface area (Å²) in [5.74, 6) is 2.49. The van der Waals surface area contributed by atoms with E-state index in [1.165, 1.54) is 0 Å². The molecule has 2 aromatic rings. The predicted octanol–water partition coefficient (Wildman–Crippen LogP) is 3.14. The SMILES string of the molecule is OCc1ccc(C=CC=CC=Cc2ccc(CO)o2)o1. The van der Waals surface area contributed by atoms with E-state index in [-0.39, 0.29) is 13.2 Å². The van der Waals surface area contributed by atoms with Crippen molar-refractivity contribution >= 4 is 12.2 Å². The summed E-state index contributed by atoms with van der Waals surface area (Å²) in [6, 6.07) is 7.06. The van der Waals surface area contributed by atoms with Gasteiger partial charge < -0.3 is 19.0 Å². The number of aliphatic hydroxyl groups is 2. The van der Waals surface area contributed by atoms with Crippen molar-refractivity contribution in [2.45, 2.75) is 13.2 Å². The Kier molecular flexibility index (Phi) is 5.17. The maximum Gasteiger partial charge on any atom is 0.130 e. The molecule has 0 aliphatic carbocycles. The van der Waals surface area contributed by atoms with Crippen molar-refractivity contribution in [1.82, 2.24) is 0 Å². The standard InChI is InChI=1S/C16H16O4/c17-11-15-9-7-13(19-15)5-3-1-2-4-6-14-8-10-16(12-18)20-14/h1-10,17-18H,11-12H2. The Balaban J connectivity index is 1.84. The molecular weight excluding hydrogens is 256 g/mol. The van der Waals surface area contributed by atoms with Crippen LogP contribution in [-0.2, 0) is 13.2 Å². The van der Waals surface area contributed by atoms with E-state index < -0.39 is 0 Å². The molecule has 4 heteroatoms. The molecule has 2 rings (SSSR count). The number of hydrogen-bond acceptors (Lipinski definition) is 4. The lowest BCUT2D eigenvalue weighted by atomic mass is 10.3. The number of furan rings is 2. The first kappa shape index (κ1) is 14.1. The molecule has 0 bridgehead atoms. The van der Waals surface area contributed by atoms with Crippen molar-refractivity contribution in [3.05, 3.63) is 71.6 Å². The minimum absolute atomic E-state index is 0.0919. The van der Waals surface area contributed by atoms with E-state index in [4.69, 9.17) is 19.0 Å². The summed E-state index contributed by atoms with van der Waals surface area (Å²) in [5.41, 5.74) is 0. The molecule has 2 N–H and O–H groups in total. The smallest absolute Gasteiger partial charge is 0.130 e. The Hall–Kier alpha value is -2.30. The molecule has 0 aliphatic heterocycles. The van der Waals surface area contributed by atoms with Gasteiger partial charge in [0.1, 0.15) is 36.3 Å². The largest absolute Gasteiger partial charge is 0.459 e. The van der Waals surface area contributed by atoms with Crippen molar-refractivity contribution < 1.29 is 19.0 Å². The lowest BCUT2D eigenvalue weighted by Crippen LogP contribution is -1.73. The quantitative estimate of drug-likeness (QED) is 0.793. The normalized spacial score (nSPS) is 12.3. The Bertz CT molecular complexity index is 560. The maximum atomic E-state index is 8.85. The van der Waals surface area contributed by atoms with Crippen LogP contribution in [0.2, 0.25) is 0 Å². The van der Waals surface area contributed by atoms with Crippen LogP contribution in [0.4, 0.5) is 0 Å². The highest BCUT2D eigenvalue weighted by Gasteiger charge is 1.96. The molecule has 0 saturated heterocycles. The van der Waals surface area contributed by atoms with Crippen molar-refractivity contribution in [3.8, 4) is 0 Å². The summed E-state index contributed by atoms with van der Waals surface area (Å²) in [6.45, 7) is -0.184. The lowest BCUT2D eigenvalue weighted by Gasteiger charge is -1.86. The fraction of sp³-hybridized carbons (Fsp3) is 0.125. The van der Waals surface area contributed by atoms with E-state index in [0.29, 0.717) is 23.0 Å². The van der Waals surface area contributed by atoms with Gasteiger partial charge in [-0.3, -0.25) is 0 Å². The fourth-order valence-corrected chi connectivity index (χ4v) is 1.57. The van der Waals surface area contributed by atoms with E-state index in [1.54, 1.807) is 36.4 Å². The number of hydrogen-bond donors (Lipinski definition) is 2. The van der Waals surface area contributed by atoms with Gasteiger partial charge in [0.25, 0.3) is 0 Å². The molecule has 0 aromatic carbocycles. The third-order valence-electron chi connectivity index (χ3n) is 2.53. The monoisotopic (exact) mass is 272 g/mol. The zero-order chi connectivity index (χ0) is 14.2. The third-order valence-corrected chi connectivity index (χ3v) is 2.53. The van der Waals surface area contributed by atoms with Gasteiger partial charge in [-0.25, -0.2) is 0 Å². The highest BCUT2D eigenvalue weighted by atomic mass is 16.4. The third kappa shape index (κ3) is 4.12. The molecule has 0 unspecified atom stereocenters. The Labute approximate surface area is 117 Å². The molecule has 0 atom stereocenters.